The minimum absolute atomic E-state index is 0.0878. The number of aromatic nitrogens is 1. The topological polar surface area (TPSA) is 60.0 Å². The Bertz CT molecular complexity index is 1150. The fourth-order valence-electron chi connectivity index (χ4n) is 7.78. The summed E-state index contributed by atoms with van der Waals surface area (Å²) >= 11 is 0. The number of nitrogens with zero attached hydrogens (tertiary/aromatic N) is 5. The number of halogens is 1. The zero-order valence-corrected chi connectivity index (χ0v) is 22.8. The highest BCUT2D eigenvalue weighted by molar-refractivity contribution is 5.94. The summed E-state index contributed by atoms with van der Waals surface area (Å²) in [6, 6.07) is 11.3. The van der Waals surface area contributed by atoms with Gasteiger partial charge >= 0.3 is 0 Å². The molecule has 5 heterocycles. The first-order chi connectivity index (χ1) is 19.1. The maximum absolute atomic E-state index is 14.2. The van der Waals surface area contributed by atoms with Gasteiger partial charge in [0.25, 0.3) is 5.91 Å². The Morgan fingerprint density at radius 2 is 1.74 bits per heavy atom. The van der Waals surface area contributed by atoms with Crippen LogP contribution < -0.4 is 4.90 Å². The summed E-state index contributed by atoms with van der Waals surface area (Å²) in [7, 11) is 0. The third-order valence-corrected chi connectivity index (χ3v) is 9.56. The molecule has 0 unspecified atom stereocenters. The molecule has 2 aromatic rings. The van der Waals surface area contributed by atoms with E-state index in [4.69, 9.17) is 0 Å². The molecule has 8 heteroatoms. The molecule has 39 heavy (non-hydrogen) atoms. The van der Waals surface area contributed by atoms with Crippen LogP contribution in [-0.4, -0.2) is 89.4 Å². The van der Waals surface area contributed by atoms with Gasteiger partial charge in [-0.15, -0.1) is 0 Å². The van der Waals surface area contributed by atoms with Crippen LogP contribution in [0, 0.1) is 17.7 Å². The van der Waals surface area contributed by atoms with Crippen molar-refractivity contribution in [1.29, 1.82) is 0 Å². The summed E-state index contributed by atoms with van der Waals surface area (Å²) in [5.41, 5.74) is 1.27. The second kappa shape index (κ2) is 11.6. The van der Waals surface area contributed by atoms with Crippen molar-refractivity contribution in [3.8, 4) is 0 Å². The highest BCUT2D eigenvalue weighted by Crippen LogP contribution is 2.43. The smallest absolute Gasteiger partial charge is 0.255 e. The Morgan fingerprint density at radius 1 is 0.949 bits per heavy atom. The molecule has 0 spiro atoms. The lowest BCUT2D eigenvalue weighted by molar-refractivity contribution is -0.131. The van der Waals surface area contributed by atoms with Gasteiger partial charge in [0.15, 0.2) is 0 Å². The van der Waals surface area contributed by atoms with Crippen molar-refractivity contribution in [1.82, 2.24) is 19.7 Å². The SMILES string of the molecule is O=C(CCC[C@@H]1[C@H]2CCCN3CCC[C@@H](CN1C(=O)c1cccnc1)[C@@H]23)N1CCN(c2ccccc2F)CC1. The van der Waals surface area contributed by atoms with Gasteiger partial charge in [-0.3, -0.25) is 19.5 Å². The maximum atomic E-state index is 14.2. The van der Waals surface area contributed by atoms with Crippen LogP contribution in [0.4, 0.5) is 10.1 Å². The first-order valence-electron chi connectivity index (χ1n) is 14.8. The van der Waals surface area contributed by atoms with Crippen LogP contribution in [-0.2, 0) is 4.79 Å². The highest BCUT2D eigenvalue weighted by atomic mass is 19.1. The standard InChI is InChI=1S/C31H40FN5O2/c32-26-10-1-2-11-28(26)34-17-19-35(20-18-34)29(38)13-3-12-27-25-9-6-16-36-15-5-8-24(30(25)36)22-37(27)31(39)23-7-4-14-33-21-23/h1-2,4,7,10-11,14,21,24-25,27,30H,3,5-6,8-9,12-13,15-20,22H2/t24-,25+,27+,30-/m0/s1. The fourth-order valence-corrected chi connectivity index (χ4v) is 7.78. The highest BCUT2D eigenvalue weighted by Gasteiger charge is 2.49. The normalized spacial score (nSPS) is 27.3. The number of carbonyl (C=O) groups excluding carboxylic acids is 2. The second-order valence-corrected chi connectivity index (χ2v) is 11.7. The van der Waals surface area contributed by atoms with Crippen molar-refractivity contribution in [3.63, 3.8) is 0 Å². The van der Waals surface area contributed by atoms with Gasteiger partial charge in [0.05, 0.1) is 11.3 Å². The maximum Gasteiger partial charge on any atom is 0.255 e. The van der Waals surface area contributed by atoms with Crippen molar-refractivity contribution >= 4 is 17.5 Å². The lowest BCUT2D eigenvalue weighted by atomic mass is 9.69. The lowest BCUT2D eigenvalue weighted by Crippen LogP contribution is -2.65. The van der Waals surface area contributed by atoms with Crippen LogP contribution in [0.2, 0.25) is 0 Å². The molecule has 4 atom stereocenters. The Labute approximate surface area is 231 Å². The van der Waals surface area contributed by atoms with E-state index in [1.807, 2.05) is 28.0 Å². The molecule has 6 rings (SSSR count). The van der Waals surface area contributed by atoms with E-state index in [2.05, 4.69) is 14.8 Å². The zero-order valence-electron chi connectivity index (χ0n) is 22.8. The molecule has 0 bridgehead atoms. The number of likely N-dealkylation sites (tertiary alicyclic amines) is 1. The van der Waals surface area contributed by atoms with Crippen LogP contribution in [0.1, 0.15) is 55.3 Å². The molecule has 4 aliphatic rings. The number of hydrogen-bond donors (Lipinski definition) is 0. The number of para-hydroxylation sites is 1. The molecule has 2 amide bonds. The van der Waals surface area contributed by atoms with E-state index in [0.29, 0.717) is 61.7 Å². The Hall–Kier alpha value is -3.00. The molecular weight excluding hydrogens is 493 g/mol. The molecule has 7 nitrogen and oxygen atoms in total. The Balaban J connectivity index is 1.10. The van der Waals surface area contributed by atoms with Gasteiger partial charge in [0.1, 0.15) is 5.82 Å². The lowest BCUT2D eigenvalue weighted by Gasteiger charge is -2.57. The summed E-state index contributed by atoms with van der Waals surface area (Å²) < 4.78 is 14.2. The van der Waals surface area contributed by atoms with Crippen molar-refractivity contribution in [2.24, 2.45) is 11.8 Å². The minimum atomic E-state index is -0.211. The quantitative estimate of drug-likeness (QED) is 0.561. The zero-order chi connectivity index (χ0) is 26.8. The molecule has 4 saturated heterocycles. The number of anilines is 1. The summed E-state index contributed by atoms with van der Waals surface area (Å²) in [6.45, 7) is 5.68. The summed E-state index contributed by atoms with van der Waals surface area (Å²) in [5.74, 6) is 1.05. The van der Waals surface area contributed by atoms with Crippen molar-refractivity contribution in [2.45, 2.75) is 57.0 Å². The number of hydrogen-bond acceptors (Lipinski definition) is 5. The average molecular weight is 534 g/mol. The minimum Gasteiger partial charge on any atom is -0.366 e. The predicted octanol–water partition coefficient (Wildman–Crippen LogP) is 4.05. The Kier molecular flexibility index (Phi) is 7.82. The molecule has 1 aromatic heterocycles. The largest absolute Gasteiger partial charge is 0.366 e. The molecule has 0 N–H and O–H groups in total. The molecule has 4 fully saturated rings. The number of benzene rings is 1. The Morgan fingerprint density at radius 3 is 2.51 bits per heavy atom. The van der Waals surface area contributed by atoms with E-state index in [1.54, 1.807) is 24.5 Å². The van der Waals surface area contributed by atoms with Gasteiger partial charge in [0.2, 0.25) is 5.91 Å². The van der Waals surface area contributed by atoms with Gasteiger partial charge in [0, 0.05) is 63.6 Å². The number of rotatable bonds is 6. The second-order valence-electron chi connectivity index (χ2n) is 11.7. The van der Waals surface area contributed by atoms with Crippen LogP contribution in [0.3, 0.4) is 0 Å². The first kappa shape index (κ1) is 26.2. The molecule has 208 valence electrons. The van der Waals surface area contributed by atoms with E-state index in [9.17, 15) is 14.0 Å². The number of piperidine rings is 3. The van der Waals surface area contributed by atoms with E-state index >= 15 is 0 Å². The molecular formula is C31H40FN5O2. The van der Waals surface area contributed by atoms with Gasteiger partial charge in [-0.2, -0.15) is 0 Å². The van der Waals surface area contributed by atoms with Crippen LogP contribution in [0.15, 0.2) is 48.8 Å². The molecule has 0 radical (unpaired) electrons. The summed E-state index contributed by atoms with van der Waals surface area (Å²) in [4.78, 5) is 39.9. The first-order valence-corrected chi connectivity index (χ1v) is 14.8. The van der Waals surface area contributed by atoms with E-state index in [1.165, 1.54) is 38.4 Å². The number of amides is 2. The molecule has 4 aliphatic heterocycles. The summed E-state index contributed by atoms with van der Waals surface area (Å²) in [6.07, 6.45) is 10.3. The summed E-state index contributed by atoms with van der Waals surface area (Å²) in [5, 5.41) is 0. The van der Waals surface area contributed by atoms with Crippen LogP contribution in [0.5, 0.6) is 0 Å². The van der Waals surface area contributed by atoms with Gasteiger partial charge in [-0.1, -0.05) is 12.1 Å². The molecule has 1 aromatic carbocycles. The number of carbonyl (C=O) groups is 2. The van der Waals surface area contributed by atoms with Crippen LogP contribution in [0.25, 0.3) is 0 Å². The number of pyridine rings is 1. The average Bonchev–Trinajstić information content (AvgIpc) is 2.98. The molecule has 0 aliphatic carbocycles. The van der Waals surface area contributed by atoms with Crippen molar-refractivity contribution in [3.05, 3.63) is 60.2 Å². The van der Waals surface area contributed by atoms with Crippen LogP contribution >= 0.6 is 0 Å². The van der Waals surface area contributed by atoms with Crippen molar-refractivity contribution < 1.29 is 14.0 Å². The van der Waals surface area contributed by atoms with E-state index in [-0.39, 0.29) is 23.7 Å². The van der Waals surface area contributed by atoms with Crippen molar-refractivity contribution in [2.75, 3.05) is 50.7 Å². The predicted molar refractivity (Wildman–Crippen MR) is 149 cm³/mol. The number of piperazine rings is 1. The molecule has 0 saturated carbocycles. The third-order valence-electron chi connectivity index (χ3n) is 9.56. The fraction of sp³-hybridized carbons (Fsp3) is 0.581. The van der Waals surface area contributed by atoms with E-state index in [0.717, 1.165) is 25.8 Å². The van der Waals surface area contributed by atoms with E-state index < -0.39 is 0 Å². The third kappa shape index (κ3) is 5.40. The monoisotopic (exact) mass is 533 g/mol. The van der Waals surface area contributed by atoms with Gasteiger partial charge < -0.3 is 14.7 Å². The van der Waals surface area contributed by atoms with Gasteiger partial charge in [-0.25, -0.2) is 4.39 Å². The van der Waals surface area contributed by atoms with Gasteiger partial charge in [-0.05, 0) is 87.7 Å².